The molecule has 4 nitrogen and oxygen atoms in total. The zero-order valence-corrected chi connectivity index (χ0v) is 20.1. The number of hydrogen-bond acceptors (Lipinski definition) is 2. The molecule has 1 saturated carbocycles. The maximum atomic E-state index is 12.8. The summed E-state index contributed by atoms with van der Waals surface area (Å²) in [5.41, 5.74) is 4.63. The Hall–Kier alpha value is -2.49. The van der Waals surface area contributed by atoms with Gasteiger partial charge >= 0.3 is 6.03 Å². The van der Waals surface area contributed by atoms with Crippen molar-refractivity contribution in [3.8, 4) is 16.9 Å². The van der Waals surface area contributed by atoms with Crippen molar-refractivity contribution in [2.75, 3.05) is 11.4 Å². The van der Waals surface area contributed by atoms with Crippen molar-refractivity contribution in [1.29, 1.82) is 0 Å². The van der Waals surface area contributed by atoms with E-state index >= 15 is 0 Å². The van der Waals surface area contributed by atoms with Crippen LogP contribution in [0.25, 0.3) is 11.1 Å². The summed E-state index contributed by atoms with van der Waals surface area (Å²) in [6.45, 7) is 9.00. The standard InChI is InChI=1S/C28H38N2O2/c1-5-19(3)29-28(31)30-18-20(4)32-27-17-25(15-16-26(27)30)24-13-11-23(12-14-24)22-9-7-21(6-2)8-10-22/h11-17,19-22H,5-10,18H2,1-4H3,(H,29,31). The number of urea groups is 1. The fourth-order valence-electron chi connectivity index (χ4n) is 5.06. The Labute approximate surface area is 193 Å². The summed E-state index contributed by atoms with van der Waals surface area (Å²) in [5.74, 6) is 2.41. The molecule has 2 aromatic carbocycles. The summed E-state index contributed by atoms with van der Waals surface area (Å²) >= 11 is 0. The van der Waals surface area contributed by atoms with Crippen molar-refractivity contribution in [2.45, 2.75) is 84.3 Å². The summed E-state index contributed by atoms with van der Waals surface area (Å²) in [6.07, 6.45) is 7.55. The molecule has 172 valence electrons. The van der Waals surface area contributed by atoms with E-state index in [0.29, 0.717) is 12.5 Å². The van der Waals surface area contributed by atoms with Crippen LogP contribution in [0, 0.1) is 5.92 Å². The largest absolute Gasteiger partial charge is 0.487 e. The topological polar surface area (TPSA) is 41.6 Å². The van der Waals surface area contributed by atoms with Crippen LogP contribution in [0.3, 0.4) is 0 Å². The molecule has 4 heteroatoms. The maximum absolute atomic E-state index is 12.8. The van der Waals surface area contributed by atoms with E-state index in [1.54, 1.807) is 0 Å². The molecule has 2 atom stereocenters. The minimum atomic E-state index is -0.0503. The van der Waals surface area contributed by atoms with Crippen LogP contribution < -0.4 is 15.0 Å². The van der Waals surface area contributed by atoms with Gasteiger partial charge in [0.05, 0.1) is 12.2 Å². The number of carbonyl (C=O) groups excluding carboxylic acids is 1. The average molecular weight is 435 g/mol. The molecule has 0 spiro atoms. The Morgan fingerprint density at radius 1 is 1.06 bits per heavy atom. The van der Waals surface area contributed by atoms with E-state index in [-0.39, 0.29) is 18.2 Å². The number of carbonyl (C=O) groups is 1. The molecule has 1 fully saturated rings. The van der Waals surface area contributed by atoms with Gasteiger partial charge in [0, 0.05) is 6.04 Å². The van der Waals surface area contributed by atoms with E-state index in [4.69, 9.17) is 4.74 Å². The number of rotatable bonds is 5. The fourth-order valence-corrected chi connectivity index (χ4v) is 5.06. The lowest BCUT2D eigenvalue weighted by atomic mass is 9.77. The number of nitrogens with one attached hydrogen (secondary N) is 1. The smallest absolute Gasteiger partial charge is 0.322 e. The van der Waals surface area contributed by atoms with Crippen LogP contribution >= 0.6 is 0 Å². The predicted octanol–water partition coefficient (Wildman–Crippen LogP) is 7.13. The molecule has 0 saturated heterocycles. The molecule has 0 aromatic heterocycles. The molecule has 2 amide bonds. The average Bonchev–Trinajstić information content (AvgIpc) is 2.83. The highest BCUT2D eigenvalue weighted by molar-refractivity contribution is 5.95. The van der Waals surface area contributed by atoms with Crippen molar-refractivity contribution in [3.63, 3.8) is 0 Å². The molecule has 0 radical (unpaired) electrons. The quantitative estimate of drug-likeness (QED) is 0.544. The molecule has 32 heavy (non-hydrogen) atoms. The Balaban J connectivity index is 1.51. The van der Waals surface area contributed by atoms with Gasteiger partial charge < -0.3 is 10.1 Å². The van der Waals surface area contributed by atoms with Gasteiger partial charge in [-0.1, -0.05) is 50.6 Å². The summed E-state index contributed by atoms with van der Waals surface area (Å²) in [6, 6.07) is 15.4. The van der Waals surface area contributed by atoms with Gasteiger partial charge in [-0.2, -0.15) is 0 Å². The van der Waals surface area contributed by atoms with Gasteiger partial charge in [-0.25, -0.2) is 4.79 Å². The van der Waals surface area contributed by atoms with E-state index in [2.05, 4.69) is 55.6 Å². The van der Waals surface area contributed by atoms with Gasteiger partial charge in [0.25, 0.3) is 0 Å². The first-order valence-electron chi connectivity index (χ1n) is 12.5. The Kier molecular flexibility index (Phi) is 7.07. The second-order valence-electron chi connectivity index (χ2n) is 9.73. The SMILES string of the molecule is CCC1CCC(c2ccc(-c3ccc4c(c3)OC(C)CN4C(=O)NC(C)CC)cc2)CC1. The second kappa shape index (κ2) is 9.97. The third kappa shape index (κ3) is 4.95. The van der Waals surface area contributed by atoms with Crippen LogP contribution in [0.2, 0.25) is 0 Å². The maximum Gasteiger partial charge on any atom is 0.322 e. The number of hydrogen-bond donors (Lipinski definition) is 1. The highest BCUT2D eigenvalue weighted by Crippen LogP contribution is 2.39. The normalized spacial score (nSPS) is 23.8. The molecule has 1 aliphatic carbocycles. The molecule has 2 aliphatic rings. The minimum Gasteiger partial charge on any atom is -0.487 e. The zero-order chi connectivity index (χ0) is 22.7. The van der Waals surface area contributed by atoms with Gasteiger partial charge in [-0.15, -0.1) is 0 Å². The van der Waals surface area contributed by atoms with Crippen molar-refractivity contribution in [2.24, 2.45) is 5.92 Å². The van der Waals surface area contributed by atoms with Crippen LogP contribution in [0.5, 0.6) is 5.75 Å². The molecule has 1 heterocycles. The predicted molar refractivity (Wildman–Crippen MR) is 133 cm³/mol. The van der Waals surface area contributed by atoms with Crippen LogP contribution in [0.4, 0.5) is 10.5 Å². The molecular formula is C28H38N2O2. The lowest BCUT2D eigenvalue weighted by Gasteiger charge is -2.34. The number of fused-ring (bicyclic) bond motifs is 1. The van der Waals surface area contributed by atoms with Crippen molar-refractivity contribution in [1.82, 2.24) is 5.32 Å². The lowest BCUT2D eigenvalue weighted by molar-refractivity contribution is 0.204. The third-order valence-corrected chi connectivity index (χ3v) is 7.39. The monoisotopic (exact) mass is 434 g/mol. The lowest BCUT2D eigenvalue weighted by Crippen LogP contribution is -2.49. The first-order valence-corrected chi connectivity index (χ1v) is 12.5. The van der Waals surface area contributed by atoms with E-state index in [1.807, 2.05) is 24.8 Å². The summed E-state index contributed by atoms with van der Waals surface area (Å²) < 4.78 is 6.12. The van der Waals surface area contributed by atoms with Gasteiger partial charge in [0.15, 0.2) is 0 Å². The third-order valence-electron chi connectivity index (χ3n) is 7.39. The highest BCUT2D eigenvalue weighted by atomic mass is 16.5. The van der Waals surface area contributed by atoms with Crippen molar-refractivity contribution < 1.29 is 9.53 Å². The molecule has 2 unspecified atom stereocenters. The van der Waals surface area contributed by atoms with Crippen LogP contribution in [-0.4, -0.2) is 24.7 Å². The Morgan fingerprint density at radius 2 is 1.75 bits per heavy atom. The highest BCUT2D eigenvalue weighted by Gasteiger charge is 2.28. The van der Waals surface area contributed by atoms with Crippen LogP contribution in [0.15, 0.2) is 42.5 Å². The van der Waals surface area contributed by atoms with Gasteiger partial charge in [-0.3, -0.25) is 4.90 Å². The van der Waals surface area contributed by atoms with Gasteiger partial charge in [-0.05, 0) is 86.6 Å². The molecule has 1 N–H and O–H groups in total. The van der Waals surface area contributed by atoms with Crippen molar-refractivity contribution in [3.05, 3.63) is 48.0 Å². The summed E-state index contributed by atoms with van der Waals surface area (Å²) in [4.78, 5) is 14.6. The molecule has 1 aliphatic heterocycles. The van der Waals surface area contributed by atoms with Crippen molar-refractivity contribution >= 4 is 11.7 Å². The Morgan fingerprint density at radius 3 is 2.41 bits per heavy atom. The molecule has 2 aromatic rings. The number of anilines is 1. The number of ether oxygens (including phenoxy) is 1. The summed E-state index contributed by atoms with van der Waals surface area (Å²) in [5, 5.41) is 3.08. The first-order chi connectivity index (χ1) is 15.5. The van der Waals surface area contributed by atoms with Crippen LogP contribution in [0.1, 0.15) is 77.7 Å². The number of amides is 2. The number of nitrogens with zero attached hydrogens (tertiary/aromatic N) is 1. The fraction of sp³-hybridized carbons (Fsp3) is 0.536. The Bertz CT molecular complexity index is 916. The minimum absolute atomic E-state index is 0.0407. The van der Waals surface area contributed by atoms with E-state index in [1.165, 1.54) is 43.2 Å². The molecular weight excluding hydrogens is 396 g/mol. The molecule has 4 rings (SSSR count). The first kappa shape index (κ1) is 22.7. The van der Waals surface area contributed by atoms with Crippen LogP contribution in [-0.2, 0) is 0 Å². The van der Waals surface area contributed by atoms with E-state index < -0.39 is 0 Å². The van der Waals surface area contributed by atoms with Gasteiger partial charge in [0.1, 0.15) is 11.9 Å². The van der Waals surface area contributed by atoms with Gasteiger partial charge in [0.2, 0.25) is 0 Å². The summed E-state index contributed by atoms with van der Waals surface area (Å²) in [7, 11) is 0. The van der Waals surface area contributed by atoms with E-state index in [0.717, 1.165) is 29.3 Å². The second-order valence-corrected chi connectivity index (χ2v) is 9.73. The molecule has 0 bridgehead atoms. The number of benzene rings is 2. The zero-order valence-electron chi connectivity index (χ0n) is 20.1. The van der Waals surface area contributed by atoms with E-state index in [9.17, 15) is 4.79 Å².